The summed E-state index contributed by atoms with van der Waals surface area (Å²) in [5.41, 5.74) is 0. The molecule has 0 spiro atoms. The van der Waals surface area contributed by atoms with Crippen LogP contribution in [0.25, 0.3) is 0 Å². The van der Waals surface area contributed by atoms with Crippen LogP contribution in [0.15, 0.2) is 0 Å². The number of likely N-dealkylation sites (tertiary alicyclic amines) is 1. The normalized spacial score (nSPS) is 31.9. The van der Waals surface area contributed by atoms with Crippen LogP contribution in [0.5, 0.6) is 0 Å². The lowest BCUT2D eigenvalue weighted by Crippen LogP contribution is -2.40. The molecule has 2 rings (SSSR count). The molecule has 2 nitrogen and oxygen atoms in total. The second kappa shape index (κ2) is 7.28. The summed E-state index contributed by atoms with van der Waals surface area (Å²) in [5, 5.41) is 0. The predicted molar refractivity (Wildman–Crippen MR) is 75.7 cm³/mol. The van der Waals surface area contributed by atoms with Crippen LogP contribution in [0.2, 0.25) is 0 Å². The lowest BCUT2D eigenvalue weighted by atomic mass is 9.97. The summed E-state index contributed by atoms with van der Waals surface area (Å²) in [6.07, 6.45) is 12.3. The number of Topliss-reactive ketones (excluding diaryl/α,β-unsaturated/α-hetero) is 1. The van der Waals surface area contributed by atoms with E-state index >= 15 is 0 Å². The largest absolute Gasteiger partial charge is 0.300 e. The van der Waals surface area contributed by atoms with Crippen molar-refractivity contribution < 1.29 is 4.79 Å². The van der Waals surface area contributed by atoms with Crippen molar-refractivity contribution in [3.8, 4) is 0 Å². The molecule has 0 aromatic heterocycles. The second-order valence-electron chi connectivity index (χ2n) is 6.17. The Hall–Kier alpha value is -0.370. The van der Waals surface area contributed by atoms with Gasteiger partial charge in [0.2, 0.25) is 0 Å². The van der Waals surface area contributed by atoms with E-state index in [-0.39, 0.29) is 0 Å². The first-order chi connectivity index (χ1) is 8.81. The van der Waals surface area contributed by atoms with Crippen LogP contribution in [-0.4, -0.2) is 29.8 Å². The molecule has 1 saturated heterocycles. The van der Waals surface area contributed by atoms with Crippen molar-refractivity contribution in [2.45, 2.75) is 77.2 Å². The average Bonchev–Trinajstić information content (AvgIpc) is 2.71. The van der Waals surface area contributed by atoms with Crippen molar-refractivity contribution in [1.29, 1.82) is 0 Å². The molecule has 2 fully saturated rings. The SMILES string of the molecule is CCC1CCCCCN1CC1CCCCCC1=O. The number of ketones is 1. The molecule has 2 aliphatic rings. The zero-order chi connectivity index (χ0) is 12.8. The standard InChI is InChI=1S/C16H29NO/c1-2-15-10-6-4-8-12-17(15)13-14-9-5-3-7-11-16(14)18/h14-15H,2-13H2,1H3. The summed E-state index contributed by atoms with van der Waals surface area (Å²) in [6.45, 7) is 4.58. The molecule has 1 heterocycles. The molecule has 0 bridgehead atoms. The monoisotopic (exact) mass is 251 g/mol. The minimum Gasteiger partial charge on any atom is -0.300 e. The Labute approximate surface area is 112 Å². The van der Waals surface area contributed by atoms with Gasteiger partial charge in [-0.15, -0.1) is 0 Å². The maximum absolute atomic E-state index is 12.1. The third-order valence-corrected chi connectivity index (χ3v) is 4.86. The van der Waals surface area contributed by atoms with E-state index in [1.54, 1.807) is 0 Å². The van der Waals surface area contributed by atoms with Crippen LogP contribution in [0.1, 0.15) is 71.1 Å². The molecule has 0 radical (unpaired) electrons. The lowest BCUT2D eigenvalue weighted by molar-refractivity contribution is -0.123. The van der Waals surface area contributed by atoms with Gasteiger partial charge in [0.25, 0.3) is 0 Å². The summed E-state index contributed by atoms with van der Waals surface area (Å²) in [5.74, 6) is 0.895. The fourth-order valence-corrected chi connectivity index (χ4v) is 3.65. The molecule has 1 aliphatic carbocycles. The molecular weight excluding hydrogens is 222 g/mol. The van der Waals surface area contributed by atoms with Crippen LogP contribution in [0.3, 0.4) is 0 Å². The van der Waals surface area contributed by atoms with E-state index in [1.807, 2.05) is 0 Å². The number of carbonyl (C=O) groups is 1. The van der Waals surface area contributed by atoms with Crippen molar-refractivity contribution in [3.05, 3.63) is 0 Å². The number of hydrogen-bond donors (Lipinski definition) is 0. The third-order valence-electron chi connectivity index (χ3n) is 4.86. The van der Waals surface area contributed by atoms with E-state index in [9.17, 15) is 4.79 Å². The first-order valence-electron chi connectivity index (χ1n) is 8.08. The first-order valence-corrected chi connectivity index (χ1v) is 8.08. The Kier molecular flexibility index (Phi) is 5.68. The minimum absolute atomic E-state index is 0.347. The highest BCUT2D eigenvalue weighted by molar-refractivity contribution is 5.81. The zero-order valence-corrected chi connectivity index (χ0v) is 12.0. The summed E-state index contributed by atoms with van der Waals surface area (Å²) in [6, 6.07) is 0.739. The Morgan fingerprint density at radius 3 is 2.67 bits per heavy atom. The Balaban J connectivity index is 1.93. The number of nitrogens with zero attached hydrogens (tertiary/aromatic N) is 1. The summed E-state index contributed by atoms with van der Waals surface area (Å²) < 4.78 is 0. The van der Waals surface area contributed by atoms with E-state index < -0.39 is 0 Å². The van der Waals surface area contributed by atoms with Crippen LogP contribution < -0.4 is 0 Å². The highest BCUT2D eigenvalue weighted by Crippen LogP contribution is 2.25. The highest BCUT2D eigenvalue weighted by atomic mass is 16.1. The van der Waals surface area contributed by atoms with Crippen molar-refractivity contribution in [3.63, 3.8) is 0 Å². The summed E-state index contributed by atoms with van der Waals surface area (Å²) in [4.78, 5) is 14.8. The average molecular weight is 251 g/mol. The maximum Gasteiger partial charge on any atom is 0.137 e. The molecule has 0 amide bonds. The minimum atomic E-state index is 0.347. The van der Waals surface area contributed by atoms with Gasteiger partial charge >= 0.3 is 0 Å². The van der Waals surface area contributed by atoms with E-state index in [2.05, 4.69) is 11.8 Å². The van der Waals surface area contributed by atoms with Gasteiger partial charge in [-0.1, -0.05) is 32.6 Å². The predicted octanol–water partition coefficient (Wildman–Crippen LogP) is 3.79. The van der Waals surface area contributed by atoms with Gasteiger partial charge in [-0.3, -0.25) is 9.69 Å². The van der Waals surface area contributed by atoms with E-state index in [0.29, 0.717) is 11.7 Å². The molecule has 1 aliphatic heterocycles. The van der Waals surface area contributed by atoms with Crippen LogP contribution >= 0.6 is 0 Å². The highest BCUT2D eigenvalue weighted by Gasteiger charge is 2.26. The van der Waals surface area contributed by atoms with Gasteiger partial charge in [0.15, 0.2) is 0 Å². The van der Waals surface area contributed by atoms with Crippen LogP contribution in [-0.2, 0) is 4.79 Å². The van der Waals surface area contributed by atoms with Gasteiger partial charge < -0.3 is 0 Å². The van der Waals surface area contributed by atoms with E-state index in [0.717, 1.165) is 31.8 Å². The lowest BCUT2D eigenvalue weighted by Gasteiger charge is -2.32. The molecule has 0 aromatic carbocycles. The topological polar surface area (TPSA) is 20.3 Å². The van der Waals surface area contributed by atoms with Gasteiger partial charge in [-0.2, -0.15) is 0 Å². The fraction of sp³-hybridized carbons (Fsp3) is 0.938. The van der Waals surface area contributed by atoms with Gasteiger partial charge in [-0.05, 0) is 38.6 Å². The van der Waals surface area contributed by atoms with Crippen molar-refractivity contribution in [2.75, 3.05) is 13.1 Å². The fourth-order valence-electron chi connectivity index (χ4n) is 3.65. The smallest absolute Gasteiger partial charge is 0.137 e. The molecule has 2 unspecified atom stereocenters. The zero-order valence-electron chi connectivity index (χ0n) is 12.0. The van der Waals surface area contributed by atoms with E-state index in [4.69, 9.17) is 0 Å². The molecule has 0 N–H and O–H groups in total. The van der Waals surface area contributed by atoms with Gasteiger partial charge in [0.1, 0.15) is 5.78 Å². The Bertz CT molecular complexity index is 264. The number of hydrogen-bond acceptors (Lipinski definition) is 2. The Morgan fingerprint density at radius 2 is 1.83 bits per heavy atom. The van der Waals surface area contributed by atoms with Crippen molar-refractivity contribution in [2.24, 2.45) is 5.92 Å². The first kappa shape index (κ1) is 14.0. The summed E-state index contributed by atoms with van der Waals surface area (Å²) in [7, 11) is 0. The van der Waals surface area contributed by atoms with Crippen LogP contribution in [0, 0.1) is 5.92 Å². The van der Waals surface area contributed by atoms with Crippen molar-refractivity contribution >= 4 is 5.78 Å². The molecule has 104 valence electrons. The molecule has 0 aromatic rings. The molecule has 2 atom stereocenters. The third kappa shape index (κ3) is 3.81. The number of rotatable bonds is 3. The summed E-state index contributed by atoms with van der Waals surface area (Å²) >= 11 is 0. The van der Waals surface area contributed by atoms with Gasteiger partial charge in [0, 0.05) is 24.9 Å². The molecule has 2 heteroatoms. The van der Waals surface area contributed by atoms with Gasteiger partial charge in [0.05, 0.1) is 0 Å². The maximum atomic E-state index is 12.1. The molecule has 1 saturated carbocycles. The molecular formula is C16H29NO. The molecule has 18 heavy (non-hydrogen) atoms. The Morgan fingerprint density at radius 1 is 1.06 bits per heavy atom. The van der Waals surface area contributed by atoms with Crippen molar-refractivity contribution in [1.82, 2.24) is 4.90 Å². The van der Waals surface area contributed by atoms with Crippen LogP contribution in [0.4, 0.5) is 0 Å². The van der Waals surface area contributed by atoms with Gasteiger partial charge in [-0.25, -0.2) is 0 Å². The number of carbonyl (C=O) groups excluding carboxylic acids is 1. The second-order valence-corrected chi connectivity index (χ2v) is 6.17. The van der Waals surface area contributed by atoms with E-state index in [1.165, 1.54) is 51.5 Å². The quantitative estimate of drug-likeness (QED) is 0.711.